The van der Waals surface area contributed by atoms with E-state index in [1.807, 2.05) is 0 Å². The van der Waals surface area contributed by atoms with Crippen LogP contribution in [0.25, 0.3) is 0 Å². The second-order valence-electron chi connectivity index (χ2n) is 6.91. The maximum atomic E-state index is 13.7. The lowest BCUT2D eigenvalue weighted by Crippen LogP contribution is -2.44. The quantitative estimate of drug-likeness (QED) is 0.709. The molecule has 2 aromatic rings. The molecule has 1 aromatic heterocycles. The number of amides is 2. The smallest absolute Gasteiger partial charge is 0.274 e. The molecule has 0 radical (unpaired) electrons. The molecule has 2 heterocycles. The first-order valence-corrected chi connectivity index (χ1v) is 9.33. The number of benzene rings is 1. The summed E-state index contributed by atoms with van der Waals surface area (Å²) in [6.45, 7) is 1.02. The van der Waals surface area contributed by atoms with Crippen molar-refractivity contribution in [1.29, 1.82) is 0 Å². The first-order chi connectivity index (χ1) is 14.6. The third-order valence-electron chi connectivity index (χ3n) is 4.89. The molecule has 164 valence electrons. The lowest BCUT2D eigenvalue weighted by molar-refractivity contribution is -0.119. The van der Waals surface area contributed by atoms with Crippen LogP contribution in [0.4, 0.5) is 13.2 Å². The molecule has 0 spiro atoms. The number of Topliss-reactive ketones (excluding diaryl/α,β-unsaturated/α-hetero) is 1. The third kappa shape index (κ3) is 4.30. The Bertz CT molecular complexity index is 1120. The number of aromatic hydroxyl groups is 1. The van der Waals surface area contributed by atoms with Crippen LogP contribution in [0.15, 0.2) is 23.1 Å². The predicted molar refractivity (Wildman–Crippen MR) is 101 cm³/mol. The van der Waals surface area contributed by atoms with Crippen LogP contribution in [0.1, 0.15) is 39.8 Å². The lowest BCUT2D eigenvalue weighted by atomic mass is 10.1. The molecule has 1 aliphatic heterocycles. The van der Waals surface area contributed by atoms with Crippen LogP contribution in [-0.4, -0.2) is 45.3 Å². The van der Waals surface area contributed by atoms with Crippen LogP contribution in [0, 0.1) is 17.5 Å². The average molecular weight is 437 g/mol. The topological polar surface area (TPSA) is 109 Å². The Morgan fingerprint density at radius 2 is 1.77 bits per heavy atom. The van der Waals surface area contributed by atoms with Crippen molar-refractivity contribution in [2.45, 2.75) is 26.4 Å². The van der Waals surface area contributed by atoms with E-state index >= 15 is 0 Å². The van der Waals surface area contributed by atoms with Gasteiger partial charge in [0.15, 0.2) is 17.2 Å². The Labute approximate surface area is 173 Å². The molecule has 1 aliphatic rings. The number of carbonyl (C=O) groups excluding carboxylic acids is 3. The van der Waals surface area contributed by atoms with Gasteiger partial charge in [-0.25, -0.2) is 13.2 Å². The van der Waals surface area contributed by atoms with Crippen molar-refractivity contribution < 1.29 is 32.7 Å². The number of fused-ring (bicyclic) bond motifs is 1. The molecular weight excluding hydrogens is 419 g/mol. The molecule has 3 rings (SSSR count). The van der Waals surface area contributed by atoms with E-state index in [1.54, 1.807) is 6.92 Å². The molecule has 8 nitrogen and oxygen atoms in total. The third-order valence-corrected chi connectivity index (χ3v) is 4.89. The van der Waals surface area contributed by atoms with E-state index in [0.29, 0.717) is 12.1 Å². The van der Waals surface area contributed by atoms with Gasteiger partial charge in [-0.1, -0.05) is 6.92 Å². The molecule has 11 heteroatoms. The number of nitrogens with one attached hydrogen (secondary N) is 1. The van der Waals surface area contributed by atoms with Crippen molar-refractivity contribution in [3.05, 3.63) is 62.8 Å². The minimum atomic E-state index is -1.21. The maximum absolute atomic E-state index is 13.7. The van der Waals surface area contributed by atoms with Crippen molar-refractivity contribution in [3.8, 4) is 5.75 Å². The summed E-state index contributed by atoms with van der Waals surface area (Å²) >= 11 is 0. The summed E-state index contributed by atoms with van der Waals surface area (Å²) in [7, 11) is 0. The van der Waals surface area contributed by atoms with Gasteiger partial charge in [-0.2, -0.15) is 0 Å². The van der Waals surface area contributed by atoms with E-state index in [-0.39, 0.29) is 37.5 Å². The Hall–Kier alpha value is -3.63. The molecule has 0 saturated heterocycles. The van der Waals surface area contributed by atoms with Crippen molar-refractivity contribution in [3.63, 3.8) is 0 Å². The van der Waals surface area contributed by atoms with Crippen molar-refractivity contribution in [1.82, 2.24) is 14.8 Å². The van der Waals surface area contributed by atoms with E-state index in [0.717, 1.165) is 6.20 Å². The summed E-state index contributed by atoms with van der Waals surface area (Å²) in [5, 5.41) is 12.4. The molecule has 0 aliphatic carbocycles. The molecule has 2 amide bonds. The fourth-order valence-corrected chi connectivity index (χ4v) is 3.17. The number of carbonyl (C=O) groups is 3. The van der Waals surface area contributed by atoms with Crippen molar-refractivity contribution in [2.24, 2.45) is 0 Å². The Morgan fingerprint density at radius 3 is 2.39 bits per heavy atom. The highest BCUT2D eigenvalue weighted by Gasteiger charge is 2.31. The molecule has 1 aromatic carbocycles. The molecular formula is C20H18F3N3O5. The van der Waals surface area contributed by atoms with E-state index in [9.17, 15) is 37.5 Å². The SMILES string of the molecule is CCC(=O)CN1CCn2cc(C(=O)NCc3c(F)cc(F)cc3F)c(=O)c(O)c2C1=O. The Balaban J connectivity index is 1.85. The largest absolute Gasteiger partial charge is 0.503 e. The summed E-state index contributed by atoms with van der Waals surface area (Å²) in [5.41, 5.74) is -2.66. The summed E-state index contributed by atoms with van der Waals surface area (Å²) in [4.78, 5) is 50.3. The predicted octanol–water partition coefficient (Wildman–Crippen LogP) is 1.34. The van der Waals surface area contributed by atoms with Crippen molar-refractivity contribution in [2.75, 3.05) is 13.1 Å². The number of halogens is 3. The van der Waals surface area contributed by atoms with E-state index in [4.69, 9.17) is 0 Å². The highest BCUT2D eigenvalue weighted by Crippen LogP contribution is 2.21. The lowest BCUT2D eigenvalue weighted by Gasteiger charge is -2.30. The van der Waals surface area contributed by atoms with Crippen LogP contribution in [-0.2, 0) is 17.9 Å². The monoisotopic (exact) mass is 437 g/mol. The zero-order valence-corrected chi connectivity index (χ0v) is 16.4. The van der Waals surface area contributed by atoms with E-state index in [2.05, 4.69) is 5.32 Å². The minimum Gasteiger partial charge on any atom is -0.503 e. The fourth-order valence-electron chi connectivity index (χ4n) is 3.17. The van der Waals surface area contributed by atoms with Crippen LogP contribution in [0.2, 0.25) is 0 Å². The fraction of sp³-hybridized carbons (Fsp3) is 0.300. The van der Waals surface area contributed by atoms with Gasteiger partial charge in [0.2, 0.25) is 5.43 Å². The molecule has 0 bridgehead atoms. The molecule has 2 N–H and O–H groups in total. The van der Waals surface area contributed by atoms with Crippen LogP contribution < -0.4 is 10.7 Å². The average Bonchev–Trinajstić information content (AvgIpc) is 2.71. The van der Waals surface area contributed by atoms with E-state index in [1.165, 1.54) is 9.47 Å². The maximum Gasteiger partial charge on any atom is 0.274 e. The van der Waals surface area contributed by atoms with Gasteiger partial charge in [0.05, 0.1) is 6.54 Å². The molecule has 31 heavy (non-hydrogen) atoms. The molecule has 0 fully saturated rings. The number of ketones is 1. The number of nitrogens with zero attached hydrogens (tertiary/aromatic N) is 2. The van der Waals surface area contributed by atoms with Gasteiger partial charge >= 0.3 is 0 Å². The normalized spacial score (nSPS) is 13.2. The first-order valence-electron chi connectivity index (χ1n) is 9.33. The van der Waals surface area contributed by atoms with Gasteiger partial charge in [0, 0.05) is 49.9 Å². The zero-order chi connectivity index (χ0) is 22.9. The van der Waals surface area contributed by atoms with Gasteiger partial charge < -0.3 is 19.9 Å². The number of hydrogen-bond donors (Lipinski definition) is 2. The van der Waals surface area contributed by atoms with Crippen LogP contribution in [0.5, 0.6) is 5.75 Å². The zero-order valence-electron chi connectivity index (χ0n) is 16.4. The highest BCUT2D eigenvalue weighted by atomic mass is 19.1. The number of pyridine rings is 1. The Morgan fingerprint density at radius 1 is 1.13 bits per heavy atom. The van der Waals surface area contributed by atoms with Crippen LogP contribution >= 0.6 is 0 Å². The number of rotatable bonds is 6. The summed E-state index contributed by atoms with van der Waals surface area (Å²) < 4.78 is 41.6. The second kappa shape index (κ2) is 8.62. The molecule has 0 saturated carbocycles. The minimum absolute atomic E-state index is 0.105. The highest BCUT2D eigenvalue weighted by molar-refractivity contribution is 6.00. The first kappa shape index (κ1) is 22.1. The summed E-state index contributed by atoms with van der Waals surface area (Å²) in [6.07, 6.45) is 1.28. The Kier molecular flexibility index (Phi) is 6.14. The standard InChI is InChI=1S/C20H18F3N3O5/c1-2-11(27)8-26-4-3-25-9-13(17(28)18(29)16(25)20(26)31)19(30)24-7-12-14(22)5-10(21)6-15(12)23/h5-6,9,29H,2-4,7-8H2,1H3,(H,24,30). The molecule has 0 unspecified atom stereocenters. The number of hydrogen-bond acceptors (Lipinski definition) is 5. The van der Waals surface area contributed by atoms with Gasteiger partial charge in [-0.05, 0) is 0 Å². The van der Waals surface area contributed by atoms with Crippen LogP contribution in [0.3, 0.4) is 0 Å². The van der Waals surface area contributed by atoms with E-state index < -0.39 is 58.1 Å². The molecule has 0 atom stereocenters. The van der Waals surface area contributed by atoms with Gasteiger partial charge in [-0.15, -0.1) is 0 Å². The van der Waals surface area contributed by atoms with Gasteiger partial charge in [0.1, 0.15) is 23.0 Å². The van der Waals surface area contributed by atoms with Crippen molar-refractivity contribution >= 4 is 17.6 Å². The van der Waals surface area contributed by atoms with Gasteiger partial charge in [-0.3, -0.25) is 19.2 Å². The van der Waals surface area contributed by atoms with Gasteiger partial charge in [0.25, 0.3) is 11.8 Å². The second-order valence-corrected chi connectivity index (χ2v) is 6.91. The summed E-state index contributed by atoms with van der Waals surface area (Å²) in [6, 6.07) is 0.898. The summed E-state index contributed by atoms with van der Waals surface area (Å²) in [5.74, 6) is -6.49. The number of aromatic nitrogens is 1.